The number of benzene rings is 1. The molecule has 2 unspecified atom stereocenters. The molecule has 2 aliphatic rings. The van der Waals surface area contributed by atoms with Crippen LogP contribution in [0.3, 0.4) is 0 Å². The van der Waals surface area contributed by atoms with Gasteiger partial charge in [-0.3, -0.25) is 29.5 Å². The van der Waals surface area contributed by atoms with Crippen LogP contribution in [0, 0.1) is 22.0 Å². The minimum absolute atomic E-state index is 0.143. The summed E-state index contributed by atoms with van der Waals surface area (Å²) in [5.74, 6) is -3.26. The Balaban J connectivity index is 2.06. The van der Waals surface area contributed by atoms with Gasteiger partial charge < -0.3 is 15.0 Å². The second-order valence-electron chi connectivity index (χ2n) is 9.31. The fraction of sp³-hybridized carbons (Fsp3) is 0.520. The number of nitrogens with zero attached hydrogens (tertiary/aromatic N) is 3. The number of hydrogen-bond donors (Lipinski definition) is 1. The molecule has 1 fully saturated rings. The molecule has 1 N–H and O–H groups in total. The molecule has 1 aromatic carbocycles. The smallest absolute Gasteiger partial charge is 0.315 e. The van der Waals surface area contributed by atoms with E-state index in [1.807, 2.05) is 13.8 Å². The van der Waals surface area contributed by atoms with Crippen LogP contribution >= 0.6 is 0 Å². The van der Waals surface area contributed by atoms with Gasteiger partial charge in [-0.15, -0.1) is 0 Å². The fourth-order valence-corrected chi connectivity index (χ4v) is 4.82. The highest BCUT2D eigenvalue weighted by molar-refractivity contribution is 6.08. The summed E-state index contributed by atoms with van der Waals surface area (Å²) < 4.78 is 5.01. The third kappa shape index (κ3) is 5.41. The van der Waals surface area contributed by atoms with Crippen LogP contribution in [0.5, 0.6) is 0 Å². The Kier molecular flexibility index (Phi) is 8.03. The molecular weight excluding hydrogens is 452 g/mol. The van der Waals surface area contributed by atoms with E-state index < -0.39 is 34.7 Å². The Morgan fingerprint density at radius 1 is 1.20 bits per heavy atom. The first kappa shape index (κ1) is 26.1. The lowest BCUT2D eigenvalue weighted by molar-refractivity contribution is -0.384. The van der Waals surface area contributed by atoms with Crippen molar-refractivity contribution in [2.24, 2.45) is 16.8 Å². The lowest BCUT2D eigenvalue weighted by atomic mass is 9.75. The summed E-state index contributed by atoms with van der Waals surface area (Å²) in [6, 6.07) is 5.11. The molecule has 2 heterocycles. The van der Waals surface area contributed by atoms with Crippen LogP contribution in [0.4, 0.5) is 5.69 Å². The average molecular weight is 485 g/mol. The molecule has 0 saturated carbocycles. The summed E-state index contributed by atoms with van der Waals surface area (Å²) in [5.41, 5.74) is 1.27. The molecule has 0 spiro atoms. The summed E-state index contributed by atoms with van der Waals surface area (Å²) in [6.45, 7) is 8.35. The first-order chi connectivity index (χ1) is 16.6. The lowest BCUT2D eigenvalue weighted by Gasteiger charge is -2.33. The van der Waals surface area contributed by atoms with Gasteiger partial charge in [0, 0.05) is 48.1 Å². The monoisotopic (exact) mass is 484 g/mol. The molecule has 2 amide bonds. The number of nitro benzene ring substituents is 1. The number of esters is 1. The number of carbonyl (C=O) groups is 3. The number of nitrogens with one attached hydrogen (secondary N) is 1. The predicted molar refractivity (Wildman–Crippen MR) is 130 cm³/mol. The summed E-state index contributed by atoms with van der Waals surface area (Å²) in [7, 11) is 1.24. The number of non-ortho nitro benzene ring substituents is 1. The van der Waals surface area contributed by atoms with Gasteiger partial charge in [0.2, 0.25) is 11.8 Å². The highest BCUT2D eigenvalue weighted by atomic mass is 16.6. The zero-order valence-corrected chi connectivity index (χ0v) is 20.7. The number of likely N-dealkylation sites (tertiary alicyclic amines) is 1. The largest absolute Gasteiger partial charge is 0.468 e. The van der Waals surface area contributed by atoms with Crippen molar-refractivity contribution in [2.75, 3.05) is 20.2 Å². The van der Waals surface area contributed by atoms with E-state index in [-0.39, 0.29) is 23.1 Å². The number of hydrogen-bond acceptors (Lipinski definition) is 7. The van der Waals surface area contributed by atoms with Crippen LogP contribution in [0.15, 0.2) is 40.5 Å². The van der Waals surface area contributed by atoms with Gasteiger partial charge in [0.15, 0.2) is 0 Å². The number of aliphatic imine (C=N–C) groups is 1. The molecule has 0 radical (unpaired) electrons. The lowest BCUT2D eigenvalue weighted by Crippen LogP contribution is -2.52. The normalized spacial score (nSPS) is 21.0. The zero-order valence-electron chi connectivity index (χ0n) is 20.7. The van der Waals surface area contributed by atoms with Crippen LogP contribution < -0.4 is 5.32 Å². The second kappa shape index (κ2) is 10.8. The fourth-order valence-electron chi connectivity index (χ4n) is 4.82. The molecule has 10 heteroatoms. The van der Waals surface area contributed by atoms with E-state index in [0.717, 1.165) is 12.8 Å². The molecule has 2 aliphatic heterocycles. The molecule has 1 aromatic rings. The highest BCUT2D eigenvalue weighted by Crippen LogP contribution is 2.40. The number of amides is 2. The first-order valence-electron chi connectivity index (χ1n) is 11.7. The third-order valence-electron chi connectivity index (χ3n) is 6.61. The van der Waals surface area contributed by atoms with Gasteiger partial charge >= 0.3 is 5.97 Å². The van der Waals surface area contributed by atoms with Gasteiger partial charge in [-0.2, -0.15) is 0 Å². The summed E-state index contributed by atoms with van der Waals surface area (Å²) in [5, 5.41) is 14.3. The third-order valence-corrected chi connectivity index (χ3v) is 6.61. The van der Waals surface area contributed by atoms with Crippen molar-refractivity contribution in [3.05, 3.63) is 51.2 Å². The van der Waals surface area contributed by atoms with Crippen molar-refractivity contribution >= 4 is 29.2 Å². The topological polar surface area (TPSA) is 131 Å². The molecular formula is C25H32N4O6. The molecule has 3 atom stereocenters. The van der Waals surface area contributed by atoms with Crippen molar-refractivity contribution in [1.29, 1.82) is 0 Å². The molecule has 1 saturated heterocycles. The Bertz CT molecular complexity index is 1090. The second-order valence-corrected chi connectivity index (χ2v) is 9.31. The molecule has 10 nitrogen and oxygen atoms in total. The van der Waals surface area contributed by atoms with Gasteiger partial charge in [-0.05, 0) is 38.2 Å². The van der Waals surface area contributed by atoms with Crippen LogP contribution in [-0.4, -0.2) is 59.6 Å². The van der Waals surface area contributed by atoms with Gasteiger partial charge in [0.1, 0.15) is 12.0 Å². The number of allylic oxidation sites excluding steroid dienone is 1. The van der Waals surface area contributed by atoms with E-state index in [2.05, 4.69) is 10.3 Å². The summed E-state index contributed by atoms with van der Waals surface area (Å²) >= 11 is 0. The average Bonchev–Trinajstić information content (AvgIpc) is 3.36. The molecule has 0 bridgehead atoms. The van der Waals surface area contributed by atoms with Gasteiger partial charge in [0.05, 0.1) is 12.0 Å². The Morgan fingerprint density at radius 2 is 1.86 bits per heavy atom. The van der Waals surface area contributed by atoms with E-state index in [1.165, 1.54) is 25.3 Å². The first-order valence-corrected chi connectivity index (χ1v) is 11.7. The zero-order chi connectivity index (χ0) is 25.9. The maximum atomic E-state index is 13.7. The molecule has 188 valence electrons. The van der Waals surface area contributed by atoms with Crippen molar-refractivity contribution in [3.63, 3.8) is 0 Å². The molecule has 0 aliphatic carbocycles. The number of methoxy groups -OCH3 is 1. The van der Waals surface area contributed by atoms with E-state index in [9.17, 15) is 24.5 Å². The maximum Gasteiger partial charge on any atom is 0.315 e. The van der Waals surface area contributed by atoms with Gasteiger partial charge in [-0.25, -0.2) is 0 Å². The number of rotatable bonds is 7. The van der Waals surface area contributed by atoms with Crippen molar-refractivity contribution in [1.82, 2.24) is 10.2 Å². The van der Waals surface area contributed by atoms with E-state index in [0.29, 0.717) is 30.1 Å². The van der Waals surface area contributed by atoms with Crippen molar-refractivity contribution < 1.29 is 24.0 Å². The minimum atomic E-state index is -0.946. The predicted octanol–water partition coefficient (Wildman–Crippen LogP) is 2.98. The Labute approximate surface area is 204 Å². The Hall–Kier alpha value is -3.56. The van der Waals surface area contributed by atoms with Crippen LogP contribution in [-0.2, 0) is 19.1 Å². The number of carbonyl (C=O) groups excluding carboxylic acids is 3. The van der Waals surface area contributed by atoms with E-state index >= 15 is 0 Å². The van der Waals surface area contributed by atoms with Crippen molar-refractivity contribution in [2.45, 2.75) is 52.5 Å². The number of nitro groups is 1. The standard InChI is InChI=1S/C25H32N4O6/c1-14(2)22(24(31)28-11-6-7-12-28)27-23(30)19-15(3)26-16(4)20(25(32)35-5)21(19)17-9-8-10-18(13-17)29(33)34/h8-10,13-14,20-22H,6-7,11-12H2,1-5H3,(H,27,30)/t20?,21-,22?/m0/s1. The van der Waals surface area contributed by atoms with Crippen LogP contribution in [0.25, 0.3) is 0 Å². The highest BCUT2D eigenvalue weighted by Gasteiger charge is 2.43. The maximum absolute atomic E-state index is 13.7. The van der Waals surface area contributed by atoms with E-state index in [4.69, 9.17) is 4.74 Å². The molecule has 35 heavy (non-hydrogen) atoms. The minimum Gasteiger partial charge on any atom is -0.468 e. The molecule has 3 rings (SSSR count). The summed E-state index contributed by atoms with van der Waals surface area (Å²) in [6.07, 6.45) is 1.86. The van der Waals surface area contributed by atoms with Gasteiger partial charge in [-0.1, -0.05) is 26.0 Å². The quantitative estimate of drug-likeness (QED) is 0.360. The van der Waals surface area contributed by atoms with Crippen LogP contribution in [0.1, 0.15) is 52.0 Å². The van der Waals surface area contributed by atoms with E-state index in [1.54, 1.807) is 24.8 Å². The van der Waals surface area contributed by atoms with Crippen LogP contribution in [0.2, 0.25) is 0 Å². The van der Waals surface area contributed by atoms with Crippen molar-refractivity contribution in [3.8, 4) is 0 Å². The molecule has 0 aromatic heterocycles. The summed E-state index contributed by atoms with van der Waals surface area (Å²) in [4.78, 5) is 56.8. The number of ether oxygens (including phenoxy) is 1. The Morgan fingerprint density at radius 3 is 2.43 bits per heavy atom. The SMILES string of the molecule is COC(=O)C1C(C)=NC(C)=C(C(=O)NC(C(=O)N2CCCC2)C(C)C)[C@@H]1c1cccc([N+](=O)[O-])c1. The van der Waals surface area contributed by atoms with Gasteiger partial charge in [0.25, 0.3) is 5.69 Å².